The Morgan fingerprint density at radius 3 is 2.71 bits per heavy atom. The number of hydrogen-bond donors (Lipinski definition) is 1. The first-order valence-corrected chi connectivity index (χ1v) is 5.57. The summed E-state index contributed by atoms with van der Waals surface area (Å²) < 4.78 is 4.82. The van der Waals surface area contributed by atoms with Gasteiger partial charge in [0.15, 0.2) is 0 Å². The summed E-state index contributed by atoms with van der Waals surface area (Å²) >= 11 is 0. The lowest BCUT2D eigenvalue weighted by Crippen LogP contribution is -2.24. The standard InChI is InChI=1S/C11H23NO2/c1-4-6-10(3)9-12-8-7-11(13)14-5-2/h10,12H,4-9H2,1-3H3. The monoisotopic (exact) mass is 201 g/mol. The van der Waals surface area contributed by atoms with E-state index in [0.29, 0.717) is 18.9 Å². The molecule has 0 heterocycles. The van der Waals surface area contributed by atoms with E-state index in [0.717, 1.165) is 13.1 Å². The van der Waals surface area contributed by atoms with E-state index < -0.39 is 0 Å². The second-order valence-electron chi connectivity index (χ2n) is 3.65. The third-order valence-electron chi connectivity index (χ3n) is 2.09. The topological polar surface area (TPSA) is 38.3 Å². The number of nitrogens with one attached hydrogen (secondary N) is 1. The summed E-state index contributed by atoms with van der Waals surface area (Å²) in [6.07, 6.45) is 2.94. The summed E-state index contributed by atoms with van der Waals surface area (Å²) in [6, 6.07) is 0. The Morgan fingerprint density at radius 2 is 2.14 bits per heavy atom. The van der Waals surface area contributed by atoms with Crippen LogP contribution in [0, 0.1) is 5.92 Å². The van der Waals surface area contributed by atoms with Gasteiger partial charge in [0.25, 0.3) is 0 Å². The molecule has 84 valence electrons. The van der Waals surface area contributed by atoms with Gasteiger partial charge in [0.05, 0.1) is 13.0 Å². The van der Waals surface area contributed by atoms with Crippen LogP contribution in [-0.4, -0.2) is 25.7 Å². The Balaban J connectivity index is 3.24. The van der Waals surface area contributed by atoms with Crippen LogP contribution in [0.25, 0.3) is 0 Å². The Labute approximate surface area is 87.2 Å². The summed E-state index contributed by atoms with van der Waals surface area (Å²) in [4.78, 5) is 11.0. The first-order valence-electron chi connectivity index (χ1n) is 5.57. The fourth-order valence-electron chi connectivity index (χ4n) is 1.37. The fourth-order valence-corrected chi connectivity index (χ4v) is 1.37. The van der Waals surface area contributed by atoms with Crippen LogP contribution in [-0.2, 0) is 9.53 Å². The SMILES string of the molecule is CCCC(C)CNCCC(=O)OCC. The molecule has 0 saturated carbocycles. The predicted octanol–water partition coefficient (Wildman–Crippen LogP) is 1.97. The maximum absolute atomic E-state index is 11.0. The van der Waals surface area contributed by atoms with Gasteiger partial charge in [-0.05, 0) is 25.8 Å². The second-order valence-corrected chi connectivity index (χ2v) is 3.65. The summed E-state index contributed by atoms with van der Waals surface area (Å²) in [5, 5.41) is 3.26. The van der Waals surface area contributed by atoms with Crippen LogP contribution in [0.4, 0.5) is 0 Å². The third kappa shape index (κ3) is 8.05. The highest BCUT2D eigenvalue weighted by Crippen LogP contribution is 2.02. The summed E-state index contributed by atoms with van der Waals surface area (Å²) in [5.41, 5.74) is 0. The molecule has 0 rings (SSSR count). The van der Waals surface area contributed by atoms with Gasteiger partial charge in [-0.2, -0.15) is 0 Å². The molecule has 0 aliphatic rings. The molecule has 14 heavy (non-hydrogen) atoms. The van der Waals surface area contributed by atoms with E-state index in [1.54, 1.807) is 0 Å². The van der Waals surface area contributed by atoms with Crippen LogP contribution in [0.2, 0.25) is 0 Å². The van der Waals surface area contributed by atoms with Crippen molar-refractivity contribution in [2.24, 2.45) is 5.92 Å². The van der Waals surface area contributed by atoms with Crippen molar-refractivity contribution in [1.29, 1.82) is 0 Å². The number of rotatable bonds is 8. The van der Waals surface area contributed by atoms with Crippen molar-refractivity contribution in [3.63, 3.8) is 0 Å². The van der Waals surface area contributed by atoms with E-state index in [9.17, 15) is 4.79 Å². The molecule has 0 aliphatic heterocycles. The predicted molar refractivity (Wildman–Crippen MR) is 58.2 cm³/mol. The fraction of sp³-hybridized carbons (Fsp3) is 0.909. The Kier molecular flexibility index (Phi) is 8.64. The van der Waals surface area contributed by atoms with Gasteiger partial charge in [0.2, 0.25) is 0 Å². The largest absolute Gasteiger partial charge is 0.466 e. The first-order chi connectivity index (χ1) is 6.70. The third-order valence-corrected chi connectivity index (χ3v) is 2.09. The molecule has 0 fully saturated rings. The number of ether oxygens (including phenoxy) is 1. The molecule has 0 bridgehead atoms. The highest BCUT2D eigenvalue weighted by Gasteiger charge is 2.02. The van der Waals surface area contributed by atoms with E-state index in [4.69, 9.17) is 4.74 Å². The minimum atomic E-state index is -0.108. The number of carbonyl (C=O) groups excluding carboxylic acids is 1. The average Bonchev–Trinajstić information content (AvgIpc) is 2.13. The van der Waals surface area contributed by atoms with Crippen molar-refractivity contribution in [2.45, 2.75) is 40.0 Å². The van der Waals surface area contributed by atoms with E-state index in [1.165, 1.54) is 12.8 Å². The van der Waals surface area contributed by atoms with Gasteiger partial charge in [-0.1, -0.05) is 20.3 Å². The number of hydrogen-bond acceptors (Lipinski definition) is 3. The maximum atomic E-state index is 11.0. The number of esters is 1. The highest BCUT2D eigenvalue weighted by molar-refractivity contribution is 5.69. The van der Waals surface area contributed by atoms with Gasteiger partial charge in [-0.25, -0.2) is 0 Å². The smallest absolute Gasteiger partial charge is 0.307 e. The molecule has 0 radical (unpaired) electrons. The van der Waals surface area contributed by atoms with Crippen molar-refractivity contribution in [3.8, 4) is 0 Å². The van der Waals surface area contributed by atoms with Gasteiger partial charge >= 0.3 is 5.97 Å². The molecule has 0 spiro atoms. The summed E-state index contributed by atoms with van der Waals surface area (Å²) in [6.45, 7) is 8.44. The zero-order valence-corrected chi connectivity index (χ0v) is 9.64. The van der Waals surface area contributed by atoms with Crippen molar-refractivity contribution in [2.75, 3.05) is 19.7 Å². The zero-order valence-electron chi connectivity index (χ0n) is 9.64. The van der Waals surface area contributed by atoms with Crippen molar-refractivity contribution < 1.29 is 9.53 Å². The molecule has 1 unspecified atom stereocenters. The molecular weight excluding hydrogens is 178 g/mol. The van der Waals surface area contributed by atoms with Crippen molar-refractivity contribution >= 4 is 5.97 Å². The van der Waals surface area contributed by atoms with Crippen molar-refractivity contribution in [1.82, 2.24) is 5.32 Å². The molecule has 0 amide bonds. The molecule has 1 N–H and O–H groups in total. The minimum Gasteiger partial charge on any atom is -0.466 e. The molecule has 0 aromatic heterocycles. The molecule has 0 saturated heterocycles. The molecule has 3 heteroatoms. The molecule has 1 atom stereocenters. The first kappa shape index (κ1) is 13.4. The van der Waals surface area contributed by atoms with E-state index >= 15 is 0 Å². The van der Waals surface area contributed by atoms with E-state index in [-0.39, 0.29) is 5.97 Å². The van der Waals surface area contributed by atoms with E-state index in [2.05, 4.69) is 19.2 Å². The van der Waals surface area contributed by atoms with Gasteiger partial charge in [-0.15, -0.1) is 0 Å². The zero-order chi connectivity index (χ0) is 10.8. The Morgan fingerprint density at radius 1 is 1.43 bits per heavy atom. The van der Waals surface area contributed by atoms with Crippen LogP contribution in [0.15, 0.2) is 0 Å². The van der Waals surface area contributed by atoms with Crippen LogP contribution in [0.1, 0.15) is 40.0 Å². The van der Waals surface area contributed by atoms with Crippen LogP contribution >= 0.6 is 0 Å². The Bertz CT molecular complexity index is 148. The Hall–Kier alpha value is -0.570. The average molecular weight is 201 g/mol. The van der Waals surface area contributed by atoms with Gasteiger partial charge in [0, 0.05) is 6.54 Å². The molecule has 0 aromatic rings. The maximum Gasteiger partial charge on any atom is 0.307 e. The van der Waals surface area contributed by atoms with Crippen LogP contribution in [0.3, 0.4) is 0 Å². The van der Waals surface area contributed by atoms with Crippen LogP contribution < -0.4 is 5.32 Å². The van der Waals surface area contributed by atoms with Gasteiger partial charge in [0.1, 0.15) is 0 Å². The summed E-state index contributed by atoms with van der Waals surface area (Å²) in [7, 11) is 0. The lowest BCUT2D eigenvalue weighted by Gasteiger charge is -2.10. The van der Waals surface area contributed by atoms with Gasteiger partial charge < -0.3 is 10.1 Å². The van der Waals surface area contributed by atoms with E-state index in [1.807, 2.05) is 6.92 Å². The van der Waals surface area contributed by atoms with Gasteiger partial charge in [-0.3, -0.25) is 4.79 Å². The lowest BCUT2D eigenvalue weighted by atomic mass is 10.1. The molecule has 3 nitrogen and oxygen atoms in total. The quantitative estimate of drug-likeness (QED) is 0.482. The minimum absolute atomic E-state index is 0.108. The lowest BCUT2D eigenvalue weighted by molar-refractivity contribution is -0.142. The molecular formula is C11H23NO2. The highest BCUT2D eigenvalue weighted by atomic mass is 16.5. The molecule has 0 aromatic carbocycles. The van der Waals surface area contributed by atoms with Crippen LogP contribution in [0.5, 0.6) is 0 Å². The summed E-state index contributed by atoms with van der Waals surface area (Å²) in [5.74, 6) is 0.588. The molecule has 0 aliphatic carbocycles. The second kappa shape index (κ2) is 9.00. The van der Waals surface area contributed by atoms with Crippen molar-refractivity contribution in [3.05, 3.63) is 0 Å². The number of carbonyl (C=O) groups is 1. The normalized spacial score (nSPS) is 12.5.